The monoisotopic (exact) mass is 233 g/mol. The van der Waals surface area contributed by atoms with Crippen LogP contribution in [0, 0.1) is 12.3 Å². The van der Waals surface area contributed by atoms with Crippen molar-refractivity contribution in [2.24, 2.45) is 12.0 Å². The van der Waals surface area contributed by atoms with Crippen LogP contribution in [-0.2, 0) is 13.5 Å². The molecule has 0 saturated heterocycles. The van der Waals surface area contributed by atoms with Crippen molar-refractivity contribution in [3.05, 3.63) is 18.0 Å². The predicted molar refractivity (Wildman–Crippen MR) is 69.7 cm³/mol. The normalized spacial score (nSPS) is 11.0. The van der Waals surface area contributed by atoms with E-state index in [-0.39, 0.29) is 0 Å². The van der Waals surface area contributed by atoms with Crippen LogP contribution in [0.3, 0.4) is 0 Å². The molecule has 0 aliphatic heterocycles. The molecule has 17 heavy (non-hydrogen) atoms. The largest absolute Gasteiger partial charge is 0.357 e. The van der Waals surface area contributed by atoms with Gasteiger partial charge in [-0.05, 0) is 18.9 Å². The van der Waals surface area contributed by atoms with E-state index in [1.165, 1.54) is 5.56 Å². The highest BCUT2D eigenvalue weighted by atomic mass is 15.2. The SMILES string of the molecule is C#CCNC(=NCCc1cnn(C)c1)NCC. The van der Waals surface area contributed by atoms with E-state index in [1.807, 2.05) is 26.4 Å². The Kier molecular flexibility index (Phi) is 5.66. The molecule has 0 radical (unpaired) electrons. The quantitative estimate of drug-likeness (QED) is 0.432. The number of aromatic nitrogens is 2. The van der Waals surface area contributed by atoms with Crippen LogP contribution in [-0.4, -0.2) is 35.4 Å². The van der Waals surface area contributed by atoms with Gasteiger partial charge in [0.15, 0.2) is 5.96 Å². The van der Waals surface area contributed by atoms with Gasteiger partial charge in [0.05, 0.1) is 12.7 Å². The summed E-state index contributed by atoms with van der Waals surface area (Å²) in [6, 6.07) is 0. The van der Waals surface area contributed by atoms with Gasteiger partial charge in [-0.3, -0.25) is 9.67 Å². The smallest absolute Gasteiger partial charge is 0.192 e. The number of aryl methyl sites for hydroxylation is 1. The van der Waals surface area contributed by atoms with Gasteiger partial charge in [-0.2, -0.15) is 5.10 Å². The maximum Gasteiger partial charge on any atom is 0.192 e. The van der Waals surface area contributed by atoms with E-state index in [2.05, 4.69) is 26.6 Å². The lowest BCUT2D eigenvalue weighted by molar-refractivity contribution is 0.766. The van der Waals surface area contributed by atoms with Crippen LogP contribution < -0.4 is 10.6 Å². The van der Waals surface area contributed by atoms with E-state index in [9.17, 15) is 0 Å². The number of hydrogen-bond donors (Lipinski definition) is 2. The summed E-state index contributed by atoms with van der Waals surface area (Å²) in [6.07, 6.45) is 9.92. The van der Waals surface area contributed by atoms with Crippen molar-refractivity contribution in [1.82, 2.24) is 20.4 Å². The molecule has 0 aromatic carbocycles. The fourth-order valence-corrected chi connectivity index (χ4v) is 1.37. The number of guanidine groups is 1. The van der Waals surface area contributed by atoms with Gasteiger partial charge >= 0.3 is 0 Å². The van der Waals surface area contributed by atoms with Gasteiger partial charge in [-0.1, -0.05) is 5.92 Å². The molecule has 5 heteroatoms. The Labute approximate surface area is 102 Å². The molecule has 0 spiro atoms. The molecule has 0 aliphatic rings. The minimum atomic E-state index is 0.485. The molecule has 1 aromatic heterocycles. The van der Waals surface area contributed by atoms with Crippen LogP contribution in [0.25, 0.3) is 0 Å². The van der Waals surface area contributed by atoms with Crippen molar-refractivity contribution in [2.75, 3.05) is 19.6 Å². The van der Waals surface area contributed by atoms with E-state index >= 15 is 0 Å². The lowest BCUT2D eigenvalue weighted by Crippen LogP contribution is -2.37. The number of rotatable bonds is 5. The van der Waals surface area contributed by atoms with Crippen molar-refractivity contribution in [2.45, 2.75) is 13.3 Å². The summed E-state index contributed by atoms with van der Waals surface area (Å²) < 4.78 is 1.79. The Balaban J connectivity index is 2.40. The van der Waals surface area contributed by atoms with Gasteiger partial charge in [0, 0.05) is 26.3 Å². The molecular weight excluding hydrogens is 214 g/mol. The Morgan fingerprint density at radius 1 is 1.59 bits per heavy atom. The second-order valence-electron chi connectivity index (χ2n) is 3.59. The molecular formula is C12H19N5. The Morgan fingerprint density at radius 3 is 3.00 bits per heavy atom. The fourth-order valence-electron chi connectivity index (χ4n) is 1.37. The first-order chi connectivity index (χ1) is 8.26. The first-order valence-electron chi connectivity index (χ1n) is 5.69. The summed E-state index contributed by atoms with van der Waals surface area (Å²) in [7, 11) is 1.91. The first-order valence-corrected chi connectivity index (χ1v) is 5.69. The molecule has 0 atom stereocenters. The molecule has 0 unspecified atom stereocenters. The number of nitrogens with one attached hydrogen (secondary N) is 2. The maximum atomic E-state index is 5.19. The zero-order valence-electron chi connectivity index (χ0n) is 10.4. The lowest BCUT2D eigenvalue weighted by atomic mass is 10.3. The Hall–Kier alpha value is -1.96. The summed E-state index contributed by atoms with van der Waals surface area (Å²) in [5.41, 5.74) is 1.18. The topological polar surface area (TPSA) is 54.2 Å². The zero-order chi connectivity index (χ0) is 12.5. The highest BCUT2D eigenvalue weighted by molar-refractivity contribution is 5.79. The Bertz CT molecular complexity index is 399. The molecule has 92 valence electrons. The molecule has 2 N–H and O–H groups in total. The van der Waals surface area contributed by atoms with Crippen molar-refractivity contribution in [1.29, 1.82) is 0 Å². The summed E-state index contributed by atoms with van der Waals surface area (Å²) in [5.74, 6) is 3.28. The van der Waals surface area contributed by atoms with Gasteiger partial charge < -0.3 is 10.6 Å². The minimum Gasteiger partial charge on any atom is -0.357 e. The van der Waals surface area contributed by atoms with Crippen molar-refractivity contribution >= 4 is 5.96 Å². The predicted octanol–water partition coefficient (Wildman–Crippen LogP) is 0.151. The van der Waals surface area contributed by atoms with Gasteiger partial charge in [0.2, 0.25) is 0 Å². The molecule has 1 heterocycles. The van der Waals surface area contributed by atoms with E-state index in [1.54, 1.807) is 4.68 Å². The molecule has 1 rings (SSSR count). The van der Waals surface area contributed by atoms with E-state index in [4.69, 9.17) is 6.42 Å². The third-order valence-electron chi connectivity index (χ3n) is 2.13. The maximum absolute atomic E-state index is 5.19. The van der Waals surface area contributed by atoms with Gasteiger partial charge in [0.1, 0.15) is 0 Å². The number of hydrogen-bond acceptors (Lipinski definition) is 2. The Morgan fingerprint density at radius 2 is 2.41 bits per heavy atom. The van der Waals surface area contributed by atoms with Crippen LogP contribution in [0.5, 0.6) is 0 Å². The minimum absolute atomic E-state index is 0.485. The molecule has 0 fully saturated rings. The van der Waals surface area contributed by atoms with Gasteiger partial charge in [-0.25, -0.2) is 0 Å². The number of nitrogens with zero attached hydrogens (tertiary/aromatic N) is 3. The molecule has 0 bridgehead atoms. The average molecular weight is 233 g/mol. The summed E-state index contributed by atoms with van der Waals surface area (Å²) in [4.78, 5) is 4.42. The molecule has 0 amide bonds. The van der Waals surface area contributed by atoms with Crippen LogP contribution in [0.1, 0.15) is 12.5 Å². The third-order valence-corrected chi connectivity index (χ3v) is 2.13. The first kappa shape index (κ1) is 13.1. The van der Waals surface area contributed by atoms with Gasteiger partial charge in [-0.15, -0.1) is 6.42 Å². The second kappa shape index (κ2) is 7.34. The summed E-state index contributed by atoms with van der Waals surface area (Å²) in [5, 5.41) is 10.3. The standard InChI is InChI=1S/C12H19N5/c1-4-7-14-12(13-5-2)15-8-6-11-9-16-17(3)10-11/h1,9-10H,5-8H2,2-3H3,(H2,13,14,15). The van der Waals surface area contributed by atoms with E-state index in [0.29, 0.717) is 13.1 Å². The van der Waals surface area contributed by atoms with Crippen molar-refractivity contribution in [3.8, 4) is 12.3 Å². The number of aliphatic imine (C=N–C) groups is 1. The highest BCUT2D eigenvalue weighted by Gasteiger charge is 1.97. The van der Waals surface area contributed by atoms with E-state index < -0.39 is 0 Å². The highest BCUT2D eigenvalue weighted by Crippen LogP contribution is 1.97. The average Bonchev–Trinajstić information content (AvgIpc) is 2.72. The zero-order valence-corrected chi connectivity index (χ0v) is 10.4. The van der Waals surface area contributed by atoms with Crippen LogP contribution in [0.4, 0.5) is 0 Å². The lowest BCUT2D eigenvalue weighted by Gasteiger charge is -2.08. The molecule has 0 saturated carbocycles. The van der Waals surface area contributed by atoms with Crippen LogP contribution in [0.15, 0.2) is 17.4 Å². The molecule has 1 aromatic rings. The van der Waals surface area contributed by atoms with E-state index in [0.717, 1.165) is 18.9 Å². The van der Waals surface area contributed by atoms with Crippen molar-refractivity contribution < 1.29 is 0 Å². The van der Waals surface area contributed by atoms with Crippen molar-refractivity contribution in [3.63, 3.8) is 0 Å². The fraction of sp³-hybridized carbons (Fsp3) is 0.500. The molecule has 5 nitrogen and oxygen atoms in total. The van der Waals surface area contributed by atoms with Crippen LogP contribution in [0.2, 0.25) is 0 Å². The third kappa shape index (κ3) is 5.07. The summed E-state index contributed by atoms with van der Waals surface area (Å²) >= 11 is 0. The molecule has 0 aliphatic carbocycles. The van der Waals surface area contributed by atoms with Gasteiger partial charge in [0.25, 0.3) is 0 Å². The number of terminal acetylenes is 1. The van der Waals surface area contributed by atoms with Crippen LogP contribution >= 0.6 is 0 Å². The summed E-state index contributed by atoms with van der Waals surface area (Å²) in [6.45, 7) is 4.04. The second-order valence-corrected chi connectivity index (χ2v) is 3.59.